The lowest BCUT2D eigenvalue weighted by atomic mass is 9.85. The van der Waals surface area contributed by atoms with E-state index in [-0.39, 0.29) is 18.4 Å². The van der Waals surface area contributed by atoms with Crippen molar-refractivity contribution in [2.24, 2.45) is 5.92 Å². The number of aliphatic hydroxyl groups is 1. The van der Waals surface area contributed by atoms with Crippen LogP contribution in [0.3, 0.4) is 0 Å². The summed E-state index contributed by atoms with van der Waals surface area (Å²) in [5.41, 5.74) is 4.39. The number of aromatic nitrogens is 4. The predicted octanol–water partition coefficient (Wildman–Crippen LogP) is 0.979. The molecule has 0 spiro atoms. The molecule has 10 nitrogen and oxygen atoms in total. The van der Waals surface area contributed by atoms with Gasteiger partial charge in [-0.05, 0) is 59.4 Å². The zero-order valence-corrected chi connectivity index (χ0v) is 17.8. The van der Waals surface area contributed by atoms with Gasteiger partial charge in [0.15, 0.2) is 0 Å². The van der Waals surface area contributed by atoms with Crippen LogP contribution < -0.4 is 10.7 Å². The molecule has 3 N–H and O–H groups in total. The van der Waals surface area contributed by atoms with E-state index in [0.717, 1.165) is 37.7 Å². The smallest absolute Gasteiger partial charge is 0.266 e. The minimum absolute atomic E-state index is 0.0438. The molecule has 2 aliphatic rings. The monoisotopic (exact) mass is 447 g/mol. The molecule has 1 saturated heterocycles. The van der Waals surface area contributed by atoms with Crippen LogP contribution in [0.1, 0.15) is 44.1 Å². The number of carbonyl (C=O) groups excluding carboxylic acids is 2. The fourth-order valence-electron chi connectivity index (χ4n) is 4.33. The number of tetrazole rings is 1. The number of rotatable bonds is 6. The average molecular weight is 448 g/mol. The first kappa shape index (κ1) is 21.7. The third-order valence-electron chi connectivity index (χ3n) is 5.99. The van der Waals surface area contributed by atoms with Gasteiger partial charge in [-0.1, -0.05) is 30.9 Å². The van der Waals surface area contributed by atoms with Crippen molar-refractivity contribution in [1.29, 1.82) is 0 Å². The van der Waals surface area contributed by atoms with Crippen molar-refractivity contribution in [3.05, 3.63) is 35.1 Å². The molecule has 2 amide bonds. The maximum absolute atomic E-state index is 12.9. The maximum Gasteiger partial charge on any atom is 0.266 e. The fraction of sp³-hybridized carbons (Fsp3) is 0.550. The van der Waals surface area contributed by atoms with Crippen molar-refractivity contribution < 1.29 is 14.7 Å². The van der Waals surface area contributed by atoms with Crippen LogP contribution in [-0.4, -0.2) is 60.8 Å². The molecule has 11 heteroatoms. The zero-order valence-electron chi connectivity index (χ0n) is 17.1. The topological polar surface area (TPSA) is 125 Å². The molecule has 0 unspecified atom stereocenters. The van der Waals surface area contributed by atoms with E-state index in [2.05, 4.69) is 26.3 Å². The number of benzene rings is 1. The molecule has 1 aromatic carbocycles. The summed E-state index contributed by atoms with van der Waals surface area (Å²) in [5, 5.41) is 26.5. The molecule has 1 aliphatic carbocycles. The zero-order chi connectivity index (χ0) is 21.8. The Labute approximate surface area is 184 Å². The van der Waals surface area contributed by atoms with Crippen molar-refractivity contribution in [2.45, 2.75) is 57.2 Å². The first-order valence-corrected chi connectivity index (χ1v) is 11.0. The minimum Gasteiger partial charge on any atom is -0.383 e. The lowest BCUT2D eigenvalue weighted by Crippen LogP contribution is -2.54. The first-order valence-electron chi connectivity index (χ1n) is 10.6. The van der Waals surface area contributed by atoms with Crippen molar-refractivity contribution in [3.8, 4) is 5.69 Å². The molecular formula is C20H26ClN7O3. The van der Waals surface area contributed by atoms with E-state index >= 15 is 0 Å². The molecule has 2 atom stereocenters. The SMILES string of the molecule is O=C(NCc1cc(Cl)ccc1-n1cnnn1)[C@@H]1CCNN1C(=O)[C@H](O)C1CCCCC1. The lowest BCUT2D eigenvalue weighted by molar-refractivity contribution is -0.151. The highest BCUT2D eigenvalue weighted by Gasteiger charge is 2.39. The van der Waals surface area contributed by atoms with Gasteiger partial charge in [0.1, 0.15) is 18.5 Å². The fourth-order valence-corrected chi connectivity index (χ4v) is 4.52. The Morgan fingerprint density at radius 3 is 2.81 bits per heavy atom. The van der Waals surface area contributed by atoms with E-state index in [9.17, 15) is 14.7 Å². The van der Waals surface area contributed by atoms with E-state index in [0.29, 0.717) is 23.7 Å². The Balaban J connectivity index is 1.41. The normalized spacial score (nSPS) is 20.6. The van der Waals surface area contributed by atoms with E-state index in [1.807, 2.05) is 0 Å². The van der Waals surface area contributed by atoms with Gasteiger partial charge in [-0.15, -0.1) is 5.10 Å². The van der Waals surface area contributed by atoms with Crippen molar-refractivity contribution in [3.63, 3.8) is 0 Å². The number of nitrogens with zero attached hydrogens (tertiary/aromatic N) is 5. The molecule has 1 saturated carbocycles. The molecule has 1 aliphatic heterocycles. The summed E-state index contributed by atoms with van der Waals surface area (Å²) in [7, 11) is 0. The number of hydrazine groups is 1. The van der Waals surface area contributed by atoms with Gasteiger partial charge in [-0.2, -0.15) is 0 Å². The summed E-state index contributed by atoms with van der Waals surface area (Å²) in [6, 6.07) is 4.55. The van der Waals surface area contributed by atoms with E-state index in [4.69, 9.17) is 11.6 Å². The van der Waals surface area contributed by atoms with Gasteiger partial charge in [-0.25, -0.2) is 10.1 Å². The summed E-state index contributed by atoms with van der Waals surface area (Å²) in [6.07, 6.45) is 5.72. The number of hydrogen-bond acceptors (Lipinski definition) is 7. The van der Waals surface area contributed by atoms with Crippen LogP contribution in [0.5, 0.6) is 0 Å². The van der Waals surface area contributed by atoms with Gasteiger partial charge in [0.25, 0.3) is 5.91 Å². The molecule has 1 aromatic heterocycles. The van der Waals surface area contributed by atoms with Crippen LogP contribution in [-0.2, 0) is 16.1 Å². The van der Waals surface area contributed by atoms with Gasteiger partial charge in [0, 0.05) is 18.1 Å². The summed E-state index contributed by atoms with van der Waals surface area (Å²) in [5.74, 6) is -0.767. The summed E-state index contributed by atoms with van der Waals surface area (Å²) in [6.45, 7) is 0.687. The van der Waals surface area contributed by atoms with Crippen LogP contribution in [0.25, 0.3) is 5.69 Å². The molecule has 2 aromatic rings. The highest BCUT2D eigenvalue weighted by Crippen LogP contribution is 2.28. The van der Waals surface area contributed by atoms with Crippen molar-refractivity contribution in [2.75, 3.05) is 6.54 Å². The Morgan fingerprint density at radius 1 is 1.26 bits per heavy atom. The van der Waals surface area contributed by atoms with Crippen LogP contribution in [0, 0.1) is 5.92 Å². The number of aliphatic hydroxyl groups excluding tert-OH is 1. The molecule has 31 heavy (non-hydrogen) atoms. The van der Waals surface area contributed by atoms with Gasteiger partial charge in [-0.3, -0.25) is 14.6 Å². The first-order chi connectivity index (χ1) is 15.0. The second-order valence-corrected chi connectivity index (χ2v) is 8.45. The maximum atomic E-state index is 12.9. The van der Waals surface area contributed by atoms with Crippen molar-refractivity contribution >= 4 is 23.4 Å². The van der Waals surface area contributed by atoms with E-state index in [1.165, 1.54) is 16.0 Å². The number of hydrogen-bond donors (Lipinski definition) is 3. The van der Waals surface area contributed by atoms with Crippen LogP contribution >= 0.6 is 11.6 Å². The van der Waals surface area contributed by atoms with Gasteiger partial charge in [0.2, 0.25) is 5.91 Å². The highest BCUT2D eigenvalue weighted by molar-refractivity contribution is 6.30. The molecule has 0 bridgehead atoms. The van der Waals surface area contributed by atoms with Gasteiger partial charge < -0.3 is 10.4 Å². The predicted molar refractivity (Wildman–Crippen MR) is 112 cm³/mol. The highest BCUT2D eigenvalue weighted by atomic mass is 35.5. The molecule has 166 valence electrons. The van der Waals surface area contributed by atoms with Crippen molar-refractivity contribution in [1.82, 2.24) is 36.0 Å². The number of amides is 2. The summed E-state index contributed by atoms with van der Waals surface area (Å²) < 4.78 is 1.49. The Hall–Kier alpha value is -2.56. The number of nitrogens with one attached hydrogen (secondary N) is 2. The quantitative estimate of drug-likeness (QED) is 0.602. The van der Waals surface area contributed by atoms with E-state index in [1.54, 1.807) is 18.2 Å². The minimum atomic E-state index is -1.08. The summed E-state index contributed by atoms with van der Waals surface area (Å²) >= 11 is 6.13. The summed E-state index contributed by atoms with van der Waals surface area (Å²) in [4.78, 5) is 25.8. The third kappa shape index (κ3) is 4.86. The second kappa shape index (κ2) is 9.71. The molecule has 2 heterocycles. The average Bonchev–Trinajstić information content (AvgIpc) is 3.49. The van der Waals surface area contributed by atoms with E-state index < -0.39 is 18.1 Å². The molecule has 0 radical (unpaired) electrons. The van der Waals surface area contributed by atoms with Crippen LogP contribution in [0.15, 0.2) is 24.5 Å². The second-order valence-electron chi connectivity index (χ2n) is 8.01. The largest absolute Gasteiger partial charge is 0.383 e. The number of halogens is 1. The Kier molecular flexibility index (Phi) is 6.79. The molecular weight excluding hydrogens is 422 g/mol. The van der Waals surface area contributed by atoms with Gasteiger partial charge in [0.05, 0.1) is 5.69 Å². The molecule has 4 rings (SSSR count). The van der Waals surface area contributed by atoms with Gasteiger partial charge >= 0.3 is 0 Å². The number of carbonyl (C=O) groups is 2. The Morgan fingerprint density at radius 2 is 2.06 bits per heavy atom. The Bertz CT molecular complexity index is 918. The third-order valence-corrected chi connectivity index (χ3v) is 6.23. The standard InChI is InChI=1S/C20H26ClN7O3/c21-15-6-7-16(27-12-23-25-26-27)14(10-15)11-22-19(30)17-8-9-24-28(17)20(31)18(29)13-4-2-1-3-5-13/h6-7,10,12-13,17-18,24,29H,1-5,8-9,11H2,(H,22,30)/t17-,18+/m0/s1. The lowest BCUT2D eigenvalue weighted by Gasteiger charge is -2.31. The van der Waals surface area contributed by atoms with Crippen LogP contribution in [0.4, 0.5) is 0 Å². The van der Waals surface area contributed by atoms with Crippen LogP contribution in [0.2, 0.25) is 5.02 Å². The molecule has 2 fully saturated rings.